The molecule has 0 unspecified atom stereocenters. The Kier molecular flexibility index (Phi) is 5.00. The van der Waals surface area contributed by atoms with E-state index in [0.29, 0.717) is 12.1 Å². The van der Waals surface area contributed by atoms with E-state index in [0.717, 1.165) is 21.9 Å². The van der Waals surface area contributed by atoms with Crippen LogP contribution in [0.5, 0.6) is 0 Å². The highest BCUT2D eigenvalue weighted by atomic mass is 32.1. The predicted octanol–water partition coefficient (Wildman–Crippen LogP) is 2.97. The van der Waals surface area contributed by atoms with Crippen LogP contribution in [0.4, 0.5) is 0 Å². The fourth-order valence-electron chi connectivity index (χ4n) is 2.48. The average molecular weight is 341 g/mol. The van der Waals surface area contributed by atoms with Crippen molar-refractivity contribution in [2.45, 2.75) is 32.9 Å². The summed E-state index contributed by atoms with van der Waals surface area (Å²) in [6.45, 7) is 4.57. The highest BCUT2D eigenvalue weighted by Crippen LogP contribution is 2.23. The van der Waals surface area contributed by atoms with Gasteiger partial charge in [-0.3, -0.25) is 4.79 Å². The maximum absolute atomic E-state index is 12.8. The number of amides is 1. The molecule has 0 saturated heterocycles. The smallest absolute Gasteiger partial charge is 0.252 e. The average Bonchev–Trinajstić information content (AvgIpc) is 3.24. The Labute approximate surface area is 144 Å². The summed E-state index contributed by atoms with van der Waals surface area (Å²) < 4.78 is 1.70. The van der Waals surface area contributed by atoms with Crippen molar-refractivity contribution in [3.05, 3.63) is 64.1 Å². The Balaban J connectivity index is 1.79. The van der Waals surface area contributed by atoms with Gasteiger partial charge in [0.05, 0.1) is 12.6 Å². The summed E-state index contributed by atoms with van der Waals surface area (Å²) >= 11 is 1.62. The second-order valence-corrected chi connectivity index (χ2v) is 6.76. The third-order valence-electron chi connectivity index (χ3n) is 3.71. The zero-order valence-corrected chi connectivity index (χ0v) is 14.5. The van der Waals surface area contributed by atoms with Crippen molar-refractivity contribution in [2.75, 3.05) is 0 Å². The lowest BCUT2D eigenvalue weighted by molar-refractivity contribution is 0.0934. The maximum atomic E-state index is 12.8. The third kappa shape index (κ3) is 3.68. The number of carbonyl (C=O) groups excluding carboxylic acids is 1. The Morgan fingerprint density at radius 1 is 1.38 bits per heavy atom. The molecule has 0 saturated carbocycles. The van der Waals surface area contributed by atoms with Crippen molar-refractivity contribution in [3.8, 4) is 0 Å². The van der Waals surface area contributed by atoms with Gasteiger partial charge >= 0.3 is 0 Å². The van der Waals surface area contributed by atoms with Crippen molar-refractivity contribution in [1.82, 2.24) is 25.1 Å². The van der Waals surface area contributed by atoms with Crippen LogP contribution in [0.1, 0.15) is 45.2 Å². The van der Waals surface area contributed by atoms with Crippen molar-refractivity contribution in [1.29, 1.82) is 0 Å². The number of hydrogen-bond donors (Lipinski definition) is 1. The summed E-state index contributed by atoms with van der Waals surface area (Å²) in [5.74, 6) is -0.0922. The minimum atomic E-state index is -0.0922. The highest BCUT2D eigenvalue weighted by molar-refractivity contribution is 7.11. The SMILES string of the molecule is CC[C@@H](NC(=O)c1ccccc1Cn1cncn1)c1ncc(C)s1. The molecular weight excluding hydrogens is 322 g/mol. The van der Waals surface area contributed by atoms with E-state index >= 15 is 0 Å². The van der Waals surface area contributed by atoms with Crippen molar-refractivity contribution in [3.63, 3.8) is 0 Å². The molecule has 24 heavy (non-hydrogen) atoms. The van der Waals surface area contributed by atoms with Crippen molar-refractivity contribution >= 4 is 17.2 Å². The first-order valence-electron chi connectivity index (χ1n) is 7.81. The number of rotatable bonds is 6. The van der Waals surface area contributed by atoms with E-state index in [9.17, 15) is 4.79 Å². The molecule has 2 aromatic heterocycles. The molecule has 3 aromatic rings. The van der Waals surface area contributed by atoms with Crippen LogP contribution in [0.25, 0.3) is 0 Å². The van der Waals surface area contributed by atoms with Crippen LogP contribution in [-0.2, 0) is 6.54 Å². The minimum absolute atomic E-state index is 0.0735. The van der Waals surface area contributed by atoms with Gasteiger partial charge in [0.15, 0.2) is 0 Å². The van der Waals surface area contributed by atoms with Gasteiger partial charge in [0.2, 0.25) is 0 Å². The second-order valence-electron chi connectivity index (χ2n) is 5.49. The summed E-state index contributed by atoms with van der Waals surface area (Å²) in [5.41, 5.74) is 1.56. The van der Waals surface area contributed by atoms with Gasteiger partial charge in [-0.2, -0.15) is 5.10 Å². The lowest BCUT2D eigenvalue weighted by Gasteiger charge is -2.16. The highest BCUT2D eigenvalue weighted by Gasteiger charge is 2.18. The van der Waals surface area contributed by atoms with E-state index in [4.69, 9.17) is 0 Å². The van der Waals surface area contributed by atoms with Crippen LogP contribution in [-0.4, -0.2) is 25.7 Å². The Morgan fingerprint density at radius 2 is 2.21 bits per heavy atom. The number of aryl methyl sites for hydroxylation is 1. The number of carbonyl (C=O) groups is 1. The molecule has 0 bridgehead atoms. The predicted molar refractivity (Wildman–Crippen MR) is 92.9 cm³/mol. The number of thiazole rings is 1. The van der Waals surface area contributed by atoms with E-state index in [1.165, 1.54) is 6.33 Å². The number of nitrogens with one attached hydrogen (secondary N) is 1. The molecule has 6 nitrogen and oxygen atoms in total. The standard InChI is InChI=1S/C17H19N5OS/c1-3-15(17-19-8-12(2)24-17)21-16(23)14-7-5-4-6-13(14)9-22-11-18-10-20-22/h4-8,10-11,15H,3,9H2,1-2H3,(H,21,23)/t15-/m1/s1. The van der Waals surface area contributed by atoms with Gasteiger partial charge in [-0.25, -0.2) is 14.6 Å². The fourth-order valence-corrected chi connectivity index (χ4v) is 3.38. The zero-order chi connectivity index (χ0) is 16.9. The van der Waals surface area contributed by atoms with Gasteiger partial charge in [0.25, 0.3) is 5.91 Å². The van der Waals surface area contributed by atoms with Crippen LogP contribution in [0.3, 0.4) is 0 Å². The molecule has 2 heterocycles. The van der Waals surface area contributed by atoms with E-state index in [2.05, 4.69) is 20.4 Å². The summed E-state index contributed by atoms with van der Waals surface area (Å²) in [4.78, 5) is 22.2. The first kappa shape index (κ1) is 16.3. The molecule has 0 spiro atoms. The summed E-state index contributed by atoms with van der Waals surface area (Å²) in [6.07, 6.45) is 5.76. The molecule has 0 aliphatic heterocycles. The number of nitrogens with zero attached hydrogens (tertiary/aromatic N) is 4. The lowest BCUT2D eigenvalue weighted by atomic mass is 10.1. The molecular formula is C17H19N5OS. The Morgan fingerprint density at radius 3 is 2.88 bits per heavy atom. The molecule has 1 aromatic carbocycles. The monoisotopic (exact) mass is 341 g/mol. The van der Waals surface area contributed by atoms with Crippen molar-refractivity contribution < 1.29 is 4.79 Å². The van der Waals surface area contributed by atoms with Crippen LogP contribution in [0.2, 0.25) is 0 Å². The molecule has 0 fully saturated rings. The first-order chi connectivity index (χ1) is 11.7. The fraction of sp³-hybridized carbons (Fsp3) is 0.294. The van der Waals surface area contributed by atoms with Crippen LogP contribution < -0.4 is 5.32 Å². The summed E-state index contributed by atoms with van der Waals surface area (Å²) in [5, 5.41) is 8.14. The molecule has 1 N–H and O–H groups in total. The molecule has 7 heteroatoms. The molecule has 1 atom stereocenters. The molecule has 124 valence electrons. The van der Waals surface area contributed by atoms with Gasteiger partial charge in [-0.15, -0.1) is 11.3 Å². The van der Waals surface area contributed by atoms with E-state index < -0.39 is 0 Å². The maximum Gasteiger partial charge on any atom is 0.252 e. The van der Waals surface area contributed by atoms with Gasteiger partial charge in [0, 0.05) is 16.6 Å². The third-order valence-corrected chi connectivity index (χ3v) is 4.74. The number of hydrogen-bond acceptors (Lipinski definition) is 5. The molecule has 3 rings (SSSR count). The lowest BCUT2D eigenvalue weighted by Crippen LogP contribution is -2.29. The molecule has 0 aliphatic carbocycles. The Bertz CT molecular complexity index is 812. The van der Waals surface area contributed by atoms with Crippen LogP contribution >= 0.6 is 11.3 Å². The quantitative estimate of drug-likeness (QED) is 0.748. The summed E-state index contributed by atoms with van der Waals surface area (Å²) in [6, 6.07) is 7.49. The van der Waals surface area contributed by atoms with Gasteiger partial charge < -0.3 is 5.32 Å². The minimum Gasteiger partial charge on any atom is -0.343 e. The van der Waals surface area contributed by atoms with Gasteiger partial charge in [0.1, 0.15) is 17.7 Å². The van der Waals surface area contributed by atoms with Crippen LogP contribution in [0.15, 0.2) is 43.1 Å². The van der Waals surface area contributed by atoms with E-state index in [1.54, 1.807) is 22.3 Å². The van der Waals surface area contributed by atoms with Gasteiger partial charge in [-0.1, -0.05) is 25.1 Å². The number of benzene rings is 1. The first-order valence-corrected chi connectivity index (χ1v) is 8.62. The van der Waals surface area contributed by atoms with Crippen molar-refractivity contribution in [2.24, 2.45) is 0 Å². The molecule has 0 aliphatic rings. The second kappa shape index (κ2) is 7.35. The van der Waals surface area contributed by atoms with Crippen LogP contribution in [0, 0.1) is 6.92 Å². The van der Waals surface area contributed by atoms with E-state index in [1.807, 2.05) is 44.3 Å². The molecule has 0 radical (unpaired) electrons. The zero-order valence-electron chi connectivity index (χ0n) is 13.6. The summed E-state index contributed by atoms with van der Waals surface area (Å²) in [7, 11) is 0. The normalized spacial score (nSPS) is 12.1. The Hall–Kier alpha value is -2.54. The molecule has 1 amide bonds. The largest absolute Gasteiger partial charge is 0.343 e. The van der Waals surface area contributed by atoms with Gasteiger partial charge in [-0.05, 0) is 25.0 Å². The number of aromatic nitrogens is 4. The topological polar surface area (TPSA) is 72.7 Å². The van der Waals surface area contributed by atoms with E-state index in [-0.39, 0.29) is 11.9 Å².